The van der Waals surface area contributed by atoms with Gasteiger partial charge in [-0.05, 0) is 43.0 Å². The molecule has 114 valence electrons. The van der Waals surface area contributed by atoms with Crippen LogP contribution in [0.3, 0.4) is 0 Å². The highest BCUT2D eigenvalue weighted by atomic mass is 32.1. The van der Waals surface area contributed by atoms with E-state index in [-0.39, 0.29) is 5.41 Å². The largest absolute Gasteiger partial charge is 0.306 e. The summed E-state index contributed by atoms with van der Waals surface area (Å²) in [7, 11) is 0. The zero-order valence-electron chi connectivity index (χ0n) is 13.9. The topological polar surface area (TPSA) is 12.0 Å². The van der Waals surface area contributed by atoms with Crippen LogP contribution in [0.15, 0.2) is 36.4 Å². The van der Waals surface area contributed by atoms with Crippen LogP contribution in [-0.4, -0.2) is 6.54 Å². The smallest absolute Gasteiger partial charge is 0.0671 e. The molecule has 0 spiro atoms. The first-order valence-electron chi connectivity index (χ1n) is 7.82. The maximum absolute atomic E-state index is 3.70. The van der Waals surface area contributed by atoms with Crippen LogP contribution in [0.5, 0.6) is 0 Å². The van der Waals surface area contributed by atoms with Gasteiger partial charge in [-0.1, -0.05) is 57.5 Å². The molecule has 1 unspecified atom stereocenters. The van der Waals surface area contributed by atoms with Crippen LogP contribution in [0.4, 0.5) is 0 Å². The second-order valence-corrected chi connectivity index (χ2v) is 7.87. The number of thiophene rings is 1. The summed E-state index contributed by atoms with van der Waals surface area (Å²) in [5, 5.41) is 3.70. The van der Waals surface area contributed by atoms with Gasteiger partial charge in [0.05, 0.1) is 6.04 Å². The van der Waals surface area contributed by atoms with Crippen LogP contribution in [0.25, 0.3) is 0 Å². The molecule has 1 atom stereocenters. The van der Waals surface area contributed by atoms with Crippen molar-refractivity contribution in [2.75, 3.05) is 6.54 Å². The summed E-state index contributed by atoms with van der Waals surface area (Å²) in [6.07, 6.45) is 1.15. The van der Waals surface area contributed by atoms with Gasteiger partial charge in [-0.15, -0.1) is 11.3 Å². The van der Waals surface area contributed by atoms with Crippen molar-refractivity contribution in [2.24, 2.45) is 0 Å². The Labute approximate surface area is 133 Å². The Kier molecular flexibility index (Phi) is 5.23. The first-order chi connectivity index (χ1) is 9.91. The molecule has 0 radical (unpaired) electrons. The molecule has 0 amide bonds. The lowest BCUT2D eigenvalue weighted by Crippen LogP contribution is -2.22. The average molecular weight is 301 g/mol. The molecule has 1 aromatic carbocycles. The van der Waals surface area contributed by atoms with E-state index in [2.05, 4.69) is 76.3 Å². The average Bonchev–Trinajstić information content (AvgIpc) is 2.89. The normalized spacial score (nSPS) is 13.4. The third kappa shape index (κ3) is 4.18. The fraction of sp³-hybridized carbons (Fsp3) is 0.474. The quantitative estimate of drug-likeness (QED) is 0.775. The van der Waals surface area contributed by atoms with Crippen molar-refractivity contribution >= 4 is 11.3 Å². The Balaban J connectivity index is 2.34. The van der Waals surface area contributed by atoms with Crippen molar-refractivity contribution in [1.82, 2.24) is 5.32 Å². The molecular weight excluding hydrogens is 274 g/mol. The highest BCUT2D eigenvalue weighted by Crippen LogP contribution is 2.34. The summed E-state index contributed by atoms with van der Waals surface area (Å²) in [6, 6.07) is 13.7. The molecular formula is C19H27NS. The maximum Gasteiger partial charge on any atom is 0.0671 e. The summed E-state index contributed by atoms with van der Waals surface area (Å²) in [5.41, 5.74) is 2.92. The van der Waals surface area contributed by atoms with Gasteiger partial charge in [-0.3, -0.25) is 0 Å². The highest BCUT2D eigenvalue weighted by Gasteiger charge is 2.20. The minimum atomic E-state index is 0.227. The van der Waals surface area contributed by atoms with E-state index in [4.69, 9.17) is 0 Å². The molecule has 0 bridgehead atoms. The number of aryl methyl sites for hydroxylation is 1. The molecule has 1 aromatic heterocycles. The van der Waals surface area contributed by atoms with Crippen molar-refractivity contribution in [3.05, 3.63) is 57.3 Å². The van der Waals surface area contributed by atoms with Gasteiger partial charge < -0.3 is 5.32 Å². The van der Waals surface area contributed by atoms with Crippen LogP contribution >= 0.6 is 11.3 Å². The van der Waals surface area contributed by atoms with Crippen molar-refractivity contribution in [3.63, 3.8) is 0 Å². The second kappa shape index (κ2) is 6.76. The van der Waals surface area contributed by atoms with Gasteiger partial charge in [0, 0.05) is 9.75 Å². The van der Waals surface area contributed by atoms with Crippen molar-refractivity contribution in [1.29, 1.82) is 0 Å². The Morgan fingerprint density at radius 1 is 1.14 bits per heavy atom. The third-order valence-electron chi connectivity index (χ3n) is 3.62. The molecule has 1 heterocycles. The Hall–Kier alpha value is -1.12. The first-order valence-corrected chi connectivity index (χ1v) is 8.63. The highest BCUT2D eigenvalue weighted by molar-refractivity contribution is 7.12. The Bertz CT molecular complexity index is 577. The molecule has 0 aliphatic rings. The van der Waals surface area contributed by atoms with Crippen molar-refractivity contribution in [2.45, 2.75) is 52.5 Å². The SMILES string of the molecule is CCCNC(c1cccc(C)c1)c1ccc(C(C)(C)C)s1. The van der Waals surface area contributed by atoms with Gasteiger partial charge in [0.2, 0.25) is 0 Å². The van der Waals surface area contributed by atoms with Gasteiger partial charge in [-0.2, -0.15) is 0 Å². The number of rotatable bonds is 5. The first kappa shape index (κ1) is 16.3. The van der Waals surface area contributed by atoms with E-state index in [0.717, 1.165) is 13.0 Å². The molecule has 0 saturated carbocycles. The molecule has 2 rings (SSSR count). The maximum atomic E-state index is 3.70. The molecule has 1 nitrogen and oxygen atoms in total. The molecule has 2 heteroatoms. The minimum Gasteiger partial charge on any atom is -0.306 e. The zero-order valence-corrected chi connectivity index (χ0v) is 14.7. The van der Waals surface area contributed by atoms with E-state index in [9.17, 15) is 0 Å². The summed E-state index contributed by atoms with van der Waals surface area (Å²) >= 11 is 1.94. The lowest BCUT2D eigenvalue weighted by atomic mass is 9.95. The summed E-state index contributed by atoms with van der Waals surface area (Å²) in [5.74, 6) is 0. The summed E-state index contributed by atoms with van der Waals surface area (Å²) in [6.45, 7) is 12.3. The van der Waals surface area contributed by atoms with Crippen LogP contribution in [0.2, 0.25) is 0 Å². The second-order valence-electron chi connectivity index (χ2n) is 6.75. The van der Waals surface area contributed by atoms with E-state index in [1.165, 1.54) is 20.9 Å². The van der Waals surface area contributed by atoms with Crippen LogP contribution in [0, 0.1) is 6.92 Å². The van der Waals surface area contributed by atoms with Crippen LogP contribution < -0.4 is 5.32 Å². The van der Waals surface area contributed by atoms with E-state index in [0.29, 0.717) is 6.04 Å². The molecule has 0 aliphatic heterocycles. The lowest BCUT2D eigenvalue weighted by Gasteiger charge is -2.19. The van der Waals surface area contributed by atoms with Crippen molar-refractivity contribution in [3.8, 4) is 0 Å². The van der Waals surface area contributed by atoms with E-state index < -0.39 is 0 Å². The Morgan fingerprint density at radius 3 is 2.48 bits per heavy atom. The van der Waals surface area contributed by atoms with Crippen LogP contribution in [0.1, 0.15) is 61.0 Å². The fourth-order valence-corrected chi connectivity index (χ4v) is 3.60. The van der Waals surface area contributed by atoms with E-state index in [1.54, 1.807) is 0 Å². The van der Waals surface area contributed by atoms with Gasteiger partial charge in [0.15, 0.2) is 0 Å². The van der Waals surface area contributed by atoms with Gasteiger partial charge >= 0.3 is 0 Å². The molecule has 1 N–H and O–H groups in total. The van der Waals surface area contributed by atoms with Crippen molar-refractivity contribution < 1.29 is 0 Å². The predicted octanol–water partition coefficient (Wildman–Crippen LogP) is 5.44. The minimum absolute atomic E-state index is 0.227. The van der Waals surface area contributed by atoms with Crippen LogP contribution in [-0.2, 0) is 5.41 Å². The standard InChI is InChI=1S/C19H27NS/c1-6-12-20-18(15-9-7-8-14(2)13-15)16-10-11-17(21-16)19(3,4)5/h7-11,13,18,20H,6,12H2,1-5H3. The molecule has 0 aliphatic carbocycles. The number of hydrogen-bond donors (Lipinski definition) is 1. The molecule has 0 saturated heterocycles. The molecule has 0 fully saturated rings. The summed E-state index contributed by atoms with van der Waals surface area (Å²) in [4.78, 5) is 2.87. The molecule has 21 heavy (non-hydrogen) atoms. The zero-order chi connectivity index (χ0) is 15.5. The predicted molar refractivity (Wildman–Crippen MR) is 94.3 cm³/mol. The van der Waals surface area contributed by atoms with E-state index in [1.807, 2.05) is 11.3 Å². The Morgan fingerprint density at radius 2 is 1.90 bits per heavy atom. The monoisotopic (exact) mass is 301 g/mol. The number of hydrogen-bond acceptors (Lipinski definition) is 2. The van der Waals surface area contributed by atoms with Gasteiger partial charge in [0.25, 0.3) is 0 Å². The lowest BCUT2D eigenvalue weighted by molar-refractivity contribution is 0.603. The molecule has 2 aromatic rings. The third-order valence-corrected chi connectivity index (χ3v) is 5.20. The fourth-order valence-electron chi connectivity index (χ4n) is 2.43. The van der Waals surface area contributed by atoms with Gasteiger partial charge in [0.1, 0.15) is 0 Å². The van der Waals surface area contributed by atoms with E-state index >= 15 is 0 Å². The number of nitrogens with one attached hydrogen (secondary N) is 1. The summed E-state index contributed by atoms with van der Waals surface area (Å²) < 4.78 is 0. The van der Waals surface area contributed by atoms with Gasteiger partial charge in [-0.25, -0.2) is 0 Å². The number of benzene rings is 1.